The van der Waals surface area contributed by atoms with Crippen LogP contribution in [0.3, 0.4) is 0 Å². The van der Waals surface area contributed by atoms with Crippen molar-refractivity contribution >= 4 is 0 Å². The van der Waals surface area contributed by atoms with E-state index in [4.69, 9.17) is 0 Å². The second kappa shape index (κ2) is 8.37. The molecule has 0 amide bonds. The van der Waals surface area contributed by atoms with Gasteiger partial charge in [-0.2, -0.15) is 0 Å². The monoisotopic (exact) mass is 322 g/mol. The molecule has 3 rings (SSSR count). The third kappa shape index (κ3) is 4.41. The average molecular weight is 322 g/mol. The van der Waals surface area contributed by atoms with Gasteiger partial charge in [0.05, 0.1) is 0 Å². The lowest BCUT2D eigenvalue weighted by molar-refractivity contribution is 0.303. The summed E-state index contributed by atoms with van der Waals surface area (Å²) in [5, 5.41) is 9.41. The molecule has 0 aromatic heterocycles. The number of phenols is 1. The van der Waals surface area contributed by atoms with Crippen molar-refractivity contribution in [2.24, 2.45) is 5.92 Å². The van der Waals surface area contributed by atoms with Crippen molar-refractivity contribution in [3.05, 3.63) is 54.1 Å². The highest BCUT2D eigenvalue weighted by Crippen LogP contribution is 2.38. The zero-order valence-corrected chi connectivity index (χ0v) is 14.9. The Labute approximate surface area is 146 Å². The van der Waals surface area contributed by atoms with Gasteiger partial charge in [-0.3, -0.25) is 0 Å². The summed E-state index contributed by atoms with van der Waals surface area (Å²) in [5.41, 5.74) is 3.90. The lowest BCUT2D eigenvalue weighted by Gasteiger charge is -2.29. The van der Waals surface area contributed by atoms with Crippen LogP contribution in [0.2, 0.25) is 0 Å². The molecule has 0 aliphatic heterocycles. The molecule has 1 fully saturated rings. The first-order valence-corrected chi connectivity index (χ1v) is 9.65. The normalized spacial score (nSPS) is 20.9. The van der Waals surface area contributed by atoms with Crippen molar-refractivity contribution < 1.29 is 5.11 Å². The first kappa shape index (κ1) is 17.1. The van der Waals surface area contributed by atoms with E-state index in [-0.39, 0.29) is 0 Å². The Morgan fingerprint density at radius 2 is 1.38 bits per heavy atom. The summed E-state index contributed by atoms with van der Waals surface area (Å²) in [6.45, 7) is 2.29. The SMILES string of the molecule is CCCCCC1CCC(c2ccc(-c3ccc(O)cc3)cc2)CC1. The van der Waals surface area contributed by atoms with Gasteiger partial charge in [0.25, 0.3) is 0 Å². The highest BCUT2D eigenvalue weighted by Gasteiger charge is 2.21. The highest BCUT2D eigenvalue weighted by molar-refractivity contribution is 5.64. The van der Waals surface area contributed by atoms with Crippen LogP contribution in [-0.2, 0) is 0 Å². The van der Waals surface area contributed by atoms with Crippen LogP contribution in [0.4, 0.5) is 0 Å². The van der Waals surface area contributed by atoms with Crippen LogP contribution in [0.15, 0.2) is 48.5 Å². The third-order valence-electron chi connectivity index (χ3n) is 5.65. The van der Waals surface area contributed by atoms with Gasteiger partial charge in [0.15, 0.2) is 0 Å². The van der Waals surface area contributed by atoms with E-state index in [1.807, 2.05) is 12.1 Å². The first-order chi connectivity index (χ1) is 11.8. The van der Waals surface area contributed by atoms with Crippen molar-refractivity contribution in [1.29, 1.82) is 0 Å². The molecule has 1 aliphatic rings. The number of hydrogen-bond acceptors (Lipinski definition) is 1. The summed E-state index contributed by atoms with van der Waals surface area (Å²) in [6, 6.07) is 16.5. The summed E-state index contributed by atoms with van der Waals surface area (Å²) in [6.07, 6.45) is 11.1. The fourth-order valence-electron chi connectivity index (χ4n) is 4.07. The van der Waals surface area contributed by atoms with E-state index in [0.29, 0.717) is 5.75 Å². The van der Waals surface area contributed by atoms with Gasteiger partial charge in [0.2, 0.25) is 0 Å². The third-order valence-corrected chi connectivity index (χ3v) is 5.65. The Morgan fingerprint density at radius 3 is 1.96 bits per heavy atom. The number of benzene rings is 2. The van der Waals surface area contributed by atoms with E-state index in [1.54, 1.807) is 12.1 Å². The van der Waals surface area contributed by atoms with Crippen LogP contribution >= 0.6 is 0 Å². The molecule has 0 atom stereocenters. The van der Waals surface area contributed by atoms with Crippen LogP contribution in [-0.4, -0.2) is 5.11 Å². The average Bonchev–Trinajstić information content (AvgIpc) is 2.63. The molecule has 128 valence electrons. The molecule has 1 N–H and O–H groups in total. The largest absolute Gasteiger partial charge is 0.508 e. The van der Waals surface area contributed by atoms with E-state index in [0.717, 1.165) is 11.8 Å². The first-order valence-electron chi connectivity index (χ1n) is 9.65. The Bertz CT molecular complexity index is 603. The molecule has 2 aromatic rings. The molecule has 0 heterocycles. The van der Waals surface area contributed by atoms with Crippen molar-refractivity contribution in [2.45, 2.75) is 64.2 Å². The quantitative estimate of drug-likeness (QED) is 0.573. The van der Waals surface area contributed by atoms with Crippen LogP contribution < -0.4 is 0 Å². The van der Waals surface area contributed by atoms with Gasteiger partial charge in [-0.15, -0.1) is 0 Å². The molecule has 1 saturated carbocycles. The van der Waals surface area contributed by atoms with Crippen molar-refractivity contribution in [2.75, 3.05) is 0 Å². The molecule has 1 nitrogen and oxygen atoms in total. The summed E-state index contributed by atoms with van der Waals surface area (Å²) < 4.78 is 0. The van der Waals surface area contributed by atoms with Crippen LogP contribution in [0.5, 0.6) is 5.75 Å². The minimum Gasteiger partial charge on any atom is -0.508 e. The molecule has 0 spiro atoms. The Kier molecular flexibility index (Phi) is 5.96. The molecule has 2 aromatic carbocycles. The smallest absolute Gasteiger partial charge is 0.115 e. The molecular formula is C23H30O. The van der Waals surface area contributed by atoms with Crippen LogP contribution in [0.1, 0.15) is 69.8 Å². The standard InChI is InChI=1S/C23H30O/c1-2-3-4-5-18-6-8-19(9-7-18)20-10-12-21(13-11-20)22-14-16-23(24)17-15-22/h10-19,24H,2-9H2,1H3. The van der Waals surface area contributed by atoms with E-state index < -0.39 is 0 Å². The number of hydrogen-bond donors (Lipinski definition) is 1. The summed E-state index contributed by atoms with van der Waals surface area (Å²) in [7, 11) is 0. The van der Waals surface area contributed by atoms with Gasteiger partial charge in [-0.25, -0.2) is 0 Å². The predicted molar refractivity (Wildman–Crippen MR) is 102 cm³/mol. The number of phenolic OH excluding ortho intramolecular Hbond substituents is 1. The van der Waals surface area contributed by atoms with Gasteiger partial charge in [-0.05, 0) is 66.3 Å². The van der Waals surface area contributed by atoms with Gasteiger partial charge in [0.1, 0.15) is 5.75 Å². The zero-order chi connectivity index (χ0) is 16.8. The summed E-state index contributed by atoms with van der Waals surface area (Å²) in [4.78, 5) is 0. The van der Waals surface area contributed by atoms with E-state index in [1.165, 1.54) is 68.1 Å². The van der Waals surface area contributed by atoms with Crippen molar-refractivity contribution in [3.63, 3.8) is 0 Å². The van der Waals surface area contributed by atoms with Gasteiger partial charge in [-0.1, -0.05) is 69.0 Å². The van der Waals surface area contributed by atoms with E-state index in [9.17, 15) is 5.11 Å². The van der Waals surface area contributed by atoms with Crippen LogP contribution in [0, 0.1) is 5.92 Å². The molecule has 0 saturated heterocycles. The second-order valence-electron chi connectivity index (χ2n) is 7.38. The minimum absolute atomic E-state index is 0.325. The number of aromatic hydroxyl groups is 1. The fourth-order valence-corrected chi connectivity index (χ4v) is 4.07. The highest BCUT2D eigenvalue weighted by atomic mass is 16.3. The molecule has 1 aliphatic carbocycles. The molecule has 1 heteroatoms. The van der Waals surface area contributed by atoms with Gasteiger partial charge < -0.3 is 5.11 Å². The minimum atomic E-state index is 0.325. The predicted octanol–water partition coefficient (Wildman–Crippen LogP) is 6.91. The Morgan fingerprint density at radius 1 is 0.792 bits per heavy atom. The van der Waals surface area contributed by atoms with Crippen molar-refractivity contribution in [3.8, 4) is 16.9 Å². The molecule has 0 bridgehead atoms. The molecule has 24 heavy (non-hydrogen) atoms. The number of unbranched alkanes of at least 4 members (excludes halogenated alkanes) is 2. The van der Waals surface area contributed by atoms with Crippen LogP contribution in [0.25, 0.3) is 11.1 Å². The number of rotatable bonds is 6. The zero-order valence-electron chi connectivity index (χ0n) is 14.9. The topological polar surface area (TPSA) is 20.2 Å². The maximum atomic E-state index is 9.41. The maximum absolute atomic E-state index is 9.41. The van der Waals surface area contributed by atoms with Crippen molar-refractivity contribution in [1.82, 2.24) is 0 Å². The lowest BCUT2D eigenvalue weighted by Crippen LogP contribution is -2.13. The second-order valence-corrected chi connectivity index (χ2v) is 7.38. The van der Waals surface area contributed by atoms with Gasteiger partial charge >= 0.3 is 0 Å². The Balaban J connectivity index is 1.56. The maximum Gasteiger partial charge on any atom is 0.115 e. The fraction of sp³-hybridized carbons (Fsp3) is 0.478. The molecule has 0 unspecified atom stereocenters. The molecular weight excluding hydrogens is 292 g/mol. The Hall–Kier alpha value is -1.76. The summed E-state index contributed by atoms with van der Waals surface area (Å²) >= 11 is 0. The molecule has 0 radical (unpaired) electrons. The lowest BCUT2D eigenvalue weighted by atomic mass is 9.77. The summed E-state index contributed by atoms with van der Waals surface area (Å²) in [5.74, 6) is 2.05. The van der Waals surface area contributed by atoms with E-state index in [2.05, 4.69) is 31.2 Å². The van der Waals surface area contributed by atoms with E-state index >= 15 is 0 Å². The van der Waals surface area contributed by atoms with Gasteiger partial charge in [0, 0.05) is 0 Å².